The number of hydrogen-bond donors (Lipinski definition) is 1. The van der Waals surface area contributed by atoms with E-state index < -0.39 is 28.8 Å². The van der Waals surface area contributed by atoms with Gasteiger partial charge in [0.05, 0.1) is 10.5 Å². The van der Waals surface area contributed by atoms with Gasteiger partial charge in [-0.2, -0.15) is 0 Å². The van der Waals surface area contributed by atoms with Crippen molar-refractivity contribution >= 4 is 34.5 Å². The Morgan fingerprint density at radius 3 is 2.41 bits per heavy atom. The van der Waals surface area contributed by atoms with Crippen molar-refractivity contribution in [2.45, 2.75) is 45.3 Å². The molecule has 1 aliphatic heterocycles. The van der Waals surface area contributed by atoms with E-state index in [0.717, 1.165) is 18.9 Å². The number of hydrazine groups is 1. The summed E-state index contributed by atoms with van der Waals surface area (Å²) >= 11 is 5.92. The summed E-state index contributed by atoms with van der Waals surface area (Å²) in [6, 6.07) is 2.68. The highest BCUT2D eigenvalue weighted by Gasteiger charge is 2.29. The second-order valence-corrected chi connectivity index (χ2v) is 9.60. The number of hydrogen-bond acceptors (Lipinski definition) is 5. The first kappa shape index (κ1) is 22.5. The fourth-order valence-corrected chi connectivity index (χ4v) is 3.85. The van der Waals surface area contributed by atoms with E-state index in [1.807, 2.05) is 4.57 Å². The highest BCUT2D eigenvalue weighted by Crippen LogP contribution is 2.37. The van der Waals surface area contributed by atoms with Crippen LogP contribution >= 0.6 is 11.6 Å². The number of nitrogens with zero attached hydrogens (tertiary/aromatic N) is 3. The Kier molecular flexibility index (Phi) is 5.89. The number of benzene rings is 1. The van der Waals surface area contributed by atoms with E-state index in [1.165, 1.54) is 12.3 Å². The van der Waals surface area contributed by atoms with Gasteiger partial charge >= 0.3 is 6.09 Å². The second kappa shape index (κ2) is 8.37. The Morgan fingerprint density at radius 1 is 1.16 bits per heavy atom. The third-order valence-electron chi connectivity index (χ3n) is 5.45. The lowest BCUT2D eigenvalue weighted by Gasteiger charge is -2.35. The summed E-state index contributed by atoms with van der Waals surface area (Å²) in [6.07, 6.45) is 2.97. The molecular formula is C22H26ClFN4O4. The Morgan fingerprint density at radius 2 is 1.81 bits per heavy atom. The molecule has 4 rings (SSSR count). The van der Waals surface area contributed by atoms with Crippen LogP contribution in [0.1, 0.15) is 50.0 Å². The van der Waals surface area contributed by atoms with Crippen molar-refractivity contribution in [2.24, 2.45) is 0 Å². The predicted molar refractivity (Wildman–Crippen MR) is 118 cm³/mol. The zero-order chi connectivity index (χ0) is 23.2. The van der Waals surface area contributed by atoms with Crippen LogP contribution < -0.4 is 10.9 Å². The van der Waals surface area contributed by atoms with Crippen LogP contribution in [0.2, 0.25) is 5.02 Å². The second-order valence-electron chi connectivity index (χ2n) is 9.19. The maximum atomic E-state index is 14.1. The number of carbonyl (C=O) groups excluding carboxylic acids is 2. The van der Waals surface area contributed by atoms with Crippen molar-refractivity contribution in [3.63, 3.8) is 0 Å². The predicted octanol–water partition coefficient (Wildman–Crippen LogP) is 3.33. The van der Waals surface area contributed by atoms with Crippen LogP contribution in [-0.2, 0) is 4.74 Å². The number of carbonyl (C=O) groups is 2. The highest BCUT2D eigenvalue weighted by molar-refractivity contribution is 6.31. The Labute approximate surface area is 189 Å². The Bertz CT molecular complexity index is 1130. The molecule has 0 bridgehead atoms. The van der Waals surface area contributed by atoms with Gasteiger partial charge in [-0.15, -0.1) is 0 Å². The average Bonchev–Trinajstić information content (AvgIpc) is 3.54. The highest BCUT2D eigenvalue weighted by atomic mass is 35.5. The SMILES string of the molecule is CC(C)(C)OC(=O)N1CCN(NC(=O)c2cn(C3CC3)c3cc(Cl)c(F)cc3c2=O)CC1. The summed E-state index contributed by atoms with van der Waals surface area (Å²) in [5, 5.41) is 1.73. The number of nitrogens with one attached hydrogen (secondary N) is 1. The van der Waals surface area contributed by atoms with Crippen molar-refractivity contribution in [1.82, 2.24) is 19.9 Å². The van der Waals surface area contributed by atoms with Crippen molar-refractivity contribution in [3.8, 4) is 0 Å². The number of pyridine rings is 1. The third kappa shape index (κ3) is 4.73. The molecule has 2 fully saturated rings. The van der Waals surface area contributed by atoms with Crippen molar-refractivity contribution < 1.29 is 18.7 Å². The molecule has 0 radical (unpaired) electrons. The monoisotopic (exact) mass is 464 g/mol. The summed E-state index contributed by atoms with van der Waals surface area (Å²) in [7, 11) is 0. The Balaban J connectivity index is 1.50. The van der Waals surface area contributed by atoms with Gasteiger partial charge in [0.25, 0.3) is 5.91 Å². The fourth-order valence-electron chi connectivity index (χ4n) is 3.69. The molecule has 2 heterocycles. The molecule has 32 heavy (non-hydrogen) atoms. The number of amides is 2. The minimum atomic E-state index is -0.700. The molecular weight excluding hydrogens is 439 g/mol. The topological polar surface area (TPSA) is 83.9 Å². The van der Waals surface area contributed by atoms with Gasteiger partial charge in [0, 0.05) is 43.8 Å². The van der Waals surface area contributed by atoms with E-state index in [2.05, 4.69) is 5.43 Å². The molecule has 1 N–H and O–H groups in total. The molecule has 10 heteroatoms. The molecule has 1 aliphatic carbocycles. The van der Waals surface area contributed by atoms with E-state index in [1.54, 1.807) is 30.7 Å². The van der Waals surface area contributed by atoms with Crippen LogP contribution in [-0.4, -0.2) is 58.3 Å². The van der Waals surface area contributed by atoms with E-state index in [9.17, 15) is 18.8 Å². The van der Waals surface area contributed by atoms with Crippen LogP contribution in [0, 0.1) is 5.82 Å². The maximum Gasteiger partial charge on any atom is 0.410 e. The van der Waals surface area contributed by atoms with Crippen LogP contribution in [0.3, 0.4) is 0 Å². The molecule has 2 aliphatic rings. The minimum Gasteiger partial charge on any atom is -0.444 e. The van der Waals surface area contributed by atoms with Gasteiger partial charge in [0.2, 0.25) is 5.43 Å². The maximum absolute atomic E-state index is 14.1. The van der Waals surface area contributed by atoms with Crippen molar-refractivity contribution in [1.29, 1.82) is 0 Å². The van der Waals surface area contributed by atoms with Crippen LogP contribution in [0.15, 0.2) is 23.1 Å². The first-order valence-electron chi connectivity index (χ1n) is 10.6. The molecule has 1 saturated carbocycles. The van der Waals surface area contributed by atoms with Crippen LogP contribution in [0.5, 0.6) is 0 Å². The summed E-state index contributed by atoms with van der Waals surface area (Å²) in [5.41, 5.74) is 2.08. The van der Waals surface area contributed by atoms with E-state index >= 15 is 0 Å². The quantitative estimate of drug-likeness (QED) is 0.753. The van der Waals surface area contributed by atoms with Gasteiger partial charge < -0.3 is 14.2 Å². The van der Waals surface area contributed by atoms with Crippen LogP contribution in [0.4, 0.5) is 9.18 Å². The molecule has 8 nitrogen and oxygen atoms in total. The number of fused-ring (bicyclic) bond motifs is 1. The molecule has 172 valence electrons. The Hall–Kier alpha value is -2.65. The fraction of sp³-hybridized carbons (Fsp3) is 0.500. The van der Waals surface area contributed by atoms with Crippen LogP contribution in [0.25, 0.3) is 10.9 Å². The van der Waals surface area contributed by atoms with Gasteiger partial charge in [-0.3, -0.25) is 15.0 Å². The number of aromatic nitrogens is 1. The first-order chi connectivity index (χ1) is 15.0. The van der Waals surface area contributed by atoms with E-state index in [-0.39, 0.29) is 22.0 Å². The number of halogens is 2. The lowest BCUT2D eigenvalue weighted by molar-refractivity contribution is 0.00974. The van der Waals surface area contributed by atoms with Gasteiger partial charge in [-0.1, -0.05) is 11.6 Å². The van der Waals surface area contributed by atoms with E-state index in [0.29, 0.717) is 31.7 Å². The molecule has 1 aromatic carbocycles. The molecule has 0 atom stereocenters. The minimum absolute atomic E-state index is 0.0549. The number of piperazine rings is 1. The van der Waals surface area contributed by atoms with Crippen molar-refractivity contribution in [3.05, 3.63) is 45.0 Å². The lowest BCUT2D eigenvalue weighted by atomic mass is 10.1. The standard InChI is InChI=1S/C22H26ClFN4O4/c1-22(2,3)32-21(31)26-6-8-27(9-7-26)25-20(30)15-12-28(13-4-5-13)18-11-16(23)17(24)10-14(18)19(15)29/h10-13H,4-9H2,1-3H3,(H,25,30). The normalized spacial score (nSPS) is 17.5. The molecule has 0 unspecified atom stereocenters. The number of rotatable bonds is 3. The summed E-state index contributed by atoms with van der Waals surface area (Å²) in [6.45, 7) is 6.95. The first-order valence-corrected chi connectivity index (χ1v) is 11.0. The zero-order valence-corrected chi connectivity index (χ0v) is 19.0. The van der Waals surface area contributed by atoms with Gasteiger partial charge in [0.15, 0.2) is 0 Å². The zero-order valence-electron chi connectivity index (χ0n) is 18.3. The molecule has 2 amide bonds. The summed E-state index contributed by atoms with van der Waals surface area (Å²) in [4.78, 5) is 39.7. The van der Waals surface area contributed by atoms with Gasteiger partial charge in [-0.05, 0) is 45.7 Å². The van der Waals surface area contributed by atoms with E-state index in [4.69, 9.17) is 16.3 Å². The van der Waals surface area contributed by atoms with Gasteiger partial charge in [-0.25, -0.2) is 14.2 Å². The molecule has 1 saturated heterocycles. The lowest BCUT2D eigenvalue weighted by Crippen LogP contribution is -2.55. The summed E-state index contributed by atoms with van der Waals surface area (Å²) in [5.74, 6) is -1.26. The van der Waals surface area contributed by atoms with Crippen molar-refractivity contribution in [2.75, 3.05) is 26.2 Å². The molecule has 2 aromatic rings. The molecule has 0 spiro atoms. The summed E-state index contributed by atoms with van der Waals surface area (Å²) < 4.78 is 21.3. The largest absolute Gasteiger partial charge is 0.444 e. The third-order valence-corrected chi connectivity index (χ3v) is 5.74. The number of ether oxygens (including phenoxy) is 1. The average molecular weight is 465 g/mol. The van der Waals surface area contributed by atoms with Gasteiger partial charge in [0.1, 0.15) is 17.0 Å². The smallest absolute Gasteiger partial charge is 0.410 e. The molecule has 1 aromatic heterocycles.